The minimum Gasteiger partial charge on any atom is -0.350 e. The topological polar surface area (TPSA) is 35.6 Å². The summed E-state index contributed by atoms with van der Waals surface area (Å²) in [6.07, 6.45) is -0.0826. The molecule has 0 saturated heterocycles. The molecule has 0 aliphatic heterocycles. The van der Waals surface area contributed by atoms with Gasteiger partial charge in [0.25, 0.3) is 0 Å². The van der Waals surface area contributed by atoms with Gasteiger partial charge in [-0.05, 0) is 24.5 Å². The molecule has 7 heteroatoms. The van der Waals surface area contributed by atoms with Crippen LogP contribution in [-0.2, 0) is 20.0 Å². The highest BCUT2D eigenvalue weighted by Crippen LogP contribution is 2.38. The number of alkyl halides is 3. The molecular formula is C17H17F3N4. The Bertz CT molecular complexity index is 887. The van der Waals surface area contributed by atoms with E-state index in [-0.39, 0.29) is 5.92 Å². The second-order valence-electron chi connectivity index (χ2n) is 6.39. The highest BCUT2D eigenvalue weighted by atomic mass is 19.4. The lowest BCUT2D eigenvalue weighted by atomic mass is 10.1. The van der Waals surface area contributed by atoms with Gasteiger partial charge in [0.15, 0.2) is 5.82 Å². The van der Waals surface area contributed by atoms with E-state index in [2.05, 4.69) is 10.1 Å². The molecule has 126 valence electrons. The minimum atomic E-state index is -4.30. The van der Waals surface area contributed by atoms with E-state index in [9.17, 15) is 13.2 Å². The van der Waals surface area contributed by atoms with E-state index in [1.807, 2.05) is 42.1 Å². The smallest absolute Gasteiger partial charge is 0.350 e. The SMILES string of the molecule is Cn1cc(Cc2nc(C3CC3)nn2CC(F)(F)F)c2ccccc21. The number of para-hydroxylation sites is 1. The normalized spacial score (nSPS) is 15.3. The lowest BCUT2D eigenvalue weighted by Gasteiger charge is -2.08. The molecule has 1 aliphatic carbocycles. The maximum absolute atomic E-state index is 12.9. The van der Waals surface area contributed by atoms with Crippen LogP contribution in [0.2, 0.25) is 0 Å². The number of fused-ring (bicyclic) bond motifs is 1. The van der Waals surface area contributed by atoms with Crippen LogP contribution in [0.4, 0.5) is 13.2 Å². The zero-order valence-electron chi connectivity index (χ0n) is 13.2. The molecule has 0 unspecified atom stereocenters. The fourth-order valence-corrected chi connectivity index (χ4v) is 3.07. The highest BCUT2D eigenvalue weighted by Gasteiger charge is 2.33. The molecule has 4 rings (SSSR count). The zero-order valence-corrected chi connectivity index (χ0v) is 13.2. The number of hydrogen-bond donors (Lipinski definition) is 0. The Labute approximate surface area is 136 Å². The molecule has 0 spiro atoms. The molecule has 0 bridgehead atoms. The van der Waals surface area contributed by atoms with Crippen molar-refractivity contribution in [1.29, 1.82) is 0 Å². The second kappa shape index (κ2) is 5.36. The van der Waals surface area contributed by atoms with Gasteiger partial charge in [-0.15, -0.1) is 0 Å². The Hall–Kier alpha value is -2.31. The maximum atomic E-state index is 12.9. The third-order valence-corrected chi connectivity index (χ3v) is 4.36. The summed E-state index contributed by atoms with van der Waals surface area (Å²) in [6.45, 7) is -1.09. The molecule has 0 amide bonds. The van der Waals surface area contributed by atoms with Crippen molar-refractivity contribution in [2.45, 2.75) is 37.9 Å². The molecule has 1 aromatic carbocycles. The first kappa shape index (κ1) is 15.2. The Kier molecular flexibility index (Phi) is 3.40. The summed E-state index contributed by atoms with van der Waals surface area (Å²) >= 11 is 0. The predicted molar refractivity (Wildman–Crippen MR) is 83.8 cm³/mol. The van der Waals surface area contributed by atoms with E-state index in [4.69, 9.17) is 0 Å². The second-order valence-corrected chi connectivity index (χ2v) is 6.39. The lowest BCUT2D eigenvalue weighted by Crippen LogP contribution is -2.20. The van der Waals surface area contributed by atoms with Crippen molar-refractivity contribution in [3.8, 4) is 0 Å². The fraction of sp³-hybridized carbons (Fsp3) is 0.412. The third kappa shape index (κ3) is 2.90. The highest BCUT2D eigenvalue weighted by molar-refractivity contribution is 5.84. The Morgan fingerprint density at radius 3 is 2.67 bits per heavy atom. The van der Waals surface area contributed by atoms with Gasteiger partial charge in [-0.2, -0.15) is 18.3 Å². The summed E-state index contributed by atoms with van der Waals surface area (Å²) in [6, 6.07) is 7.86. The standard InChI is InChI=1S/C17H17F3N4/c1-23-9-12(13-4-2-3-5-14(13)23)8-15-21-16(11-6-7-11)22-24(15)10-17(18,19)20/h2-5,9,11H,6-8,10H2,1H3. The van der Waals surface area contributed by atoms with Crippen LogP contribution in [0.5, 0.6) is 0 Å². The van der Waals surface area contributed by atoms with Crippen molar-refractivity contribution >= 4 is 10.9 Å². The first-order chi connectivity index (χ1) is 11.4. The van der Waals surface area contributed by atoms with Crippen LogP contribution >= 0.6 is 0 Å². The van der Waals surface area contributed by atoms with Gasteiger partial charge in [0.2, 0.25) is 0 Å². The van der Waals surface area contributed by atoms with E-state index in [1.54, 1.807) is 0 Å². The van der Waals surface area contributed by atoms with Crippen LogP contribution in [0.15, 0.2) is 30.5 Å². The van der Waals surface area contributed by atoms with Crippen LogP contribution in [0.3, 0.4) is 0 Å². The van der Waals surface area contributed by atoms with Gasteiger partial charge in [0.05, 0.1) is 0 Å². The largest absolute Gasteiger partial charge is 0.408 e. The Morgan fingerprint density at radius 2 is 1.96 bits per heavy atom. The van der Waals surface area contributed by atoms with Gasteiger partial charge in [-0.3, -0.25) is 0 Å². The van der Waals surface area contributed by atoms with Crippen molar-refractivity contribution in [2.24, 2.45) is 7.05 Å². The number of aromatic nitrogens is 4. The van der Waals surface area contributed by atoms with Crippen LogP contribution in [0.1, 0.15) is 36.0 Å². The van der Waals surface area contributed by atoms with Gasteiger partial charge in [-0.1, -0.05) is 18.2 Å². The summed E-state index contributed by atoms with van der Waals surface area (Å²) in [4.78, 5) is 4.41. The molecule has 3 aromatic rings. The molecule has 4 nitrogen and oxygen atoms in total. The Morgan fingerprint density at radius 1 is 1.21 bits per heavy atom. The molecule has 0 N–H and O–H groups in total. The summed E-state index contributed by atoms with van der Waals surface area (Å²) in [7, 11) is 1.93. The third-order valence-electron chi connectivity index (χ3n) is 4.36. The molecule has 0 atom stereocenters. The predicted octanol–water partition coefficient (Wildman–Crippen LogP) is 3.80. The van der Waals surface area contributed by atoms with Crippen LogP contribution in [-0.4, -0.2) is 25.5 Å². The van der Waals surface area contributed by atoms with Crippen LogP contribution < -0.4 is 0 Å². The Balaban J connectivity index is 1.72. The number of aryl methyl sites for hydroxylation is 1. The molecule has 1 aliphatic rings. The van der Waals surface area contributed by atoms with Crippen molar-refractivity contribution in [3.05, 3.63) is 47.7 Å². The van der Waals surface area contributed by atoms with E-state index < -0.39 is 12.7 Å². The zero-order chi connectivity index (χ0) is 16.9. The van der Waals surface area contributed by atoms with E-state index in [1.165, 1.54) is 0 Å². The van der Waals surface area contributed by atoms with Gasteiger partial charge in [-0.25, -0.2) is 9.67 Å². The molecule has 2 aromatic heterocycles. The van der Waals surface area contributed by atoms with Gasteiger partial charge >= 0.3 is 6.18 Å². The minimum absolute atomic E-state index is 0.228. The molecular weight excluding hydrogens is 317 g/mol. The van der Waals surface area contributed by atoms with Gasteiger partial charge < -0.3 is 4.57 Å². The maximum Gasteiger partial charge on any atom is 0.408 e. The molecule has 2 heterocycles. The monoisotopic (exact) mass is 334 g/mol. The molecule has 24 heavy (non-hydrogen) atoms. The summed E-state index contributed by atoms with van der Waals surface area (Å²) in [5, 5.41) is 5.16. The van der Waals surface area contributed by atoms with Crippen molar-refractivity contribution in [3.63, 3.8) is 0 Å². The average molecular weight is 334 g/mol. The van der Waals surface area contributed by atoms with Gasteiger partial charge in [0.1, 0.15) is 12.4 Å². The van der Waals surface area contributed by atoms with Gasteiger partial charge in [0, 0.05) is 36.5 Å². The quantitative estimate of drug-likeness (QED) is 0.727. The summed E-state index contributed by atoms with van der Waals surface area (Å²) in [5.74, 6) is 1.16. The number of halogens is 3. The number of benzene rings is 1. The summed E-state index contributed by atoms with van der Waals surface area (Å²) in [5.41, 5.74) is 2.02. The van der Waals surface area contributed by atoms with Crippen LogP contribution in [0, 0.1) is 0 Å². The lowest BCUT2D eigenvalue weighted by molar-refractivity contribution is -0.143. The molecule has 1 fully saturated rings. The fourth-order valence-electron chi connectivity index (χ4n) is 3.07. The van der Waals surface area contributed by atoms with Crippen molar-refractivity contribution in [2.75, 3.05) is 0 Å². The van der Waals surface area contributed by atoms with Crippen molar-refractivity contribution in [1.82, 2.24) is 19.3 Å². The molecule has 0 radical (unpaired) electrons. The number of nitrogens with zero attached hydrogens (tertiary/aromatic N) is 4. The average Bonchev–Trinajstić information content (AvgIpc) is 3.23. The van der Waals surface area contributed by atoms with E-state index >= 15 is 0 Å². The van der Waals surface area contributed by atoms with E-state index in [0.29, 0.717) is 18.1 Å². The van der Waals surface area contributed by atoms with Crippen molar-refractivity contribution < 1.29 is 13.2 Å². The first-order valence-corrected chi connectivity index (χ1v) is 7.94. The number of rotatable bonds is 4. The molecule has 1 saturated carbocycles. The van der Waals surface area contributed by atoms with Crippen LogP contribution in [0.25, 0.3) is 10.9 Å². The summed E-state index contributed by atoms with van der Waals surface area (Å²) < 4.78 is 41.6. The number of hydrogen-bond acceptors (Lipinski definition) is 2. The van der Waals surface area contributed by atoms with E-state index in [0.717, 1.165) is 34.0 Å². The first-order valence-electron chi connectivity index (χ1n) is 7.94.